The highest BCUT2D eigenvalue weighted by Gasteiger charge is 2.20. The van der Waals surface area contributed by atoms with Gasteiger partial charge in [-0.3, -0.25) is 9.48 Å². The van der Waals surface area contributed by atoms with Crippen LogP contribution in [-0.2, 0) is 11.3 Å². The van der Waals surface area contributed by atoms with Crippen molar-refractivity contribution in [1.82, 2.24) is 9.20 Å². The van der Waals surface area contributed by atoms with E-state index in [-0.39, 0.29) is 17.6 Å². The lowest BCUT2D eigenvalue weighted by atomic mass is 10.1. The summed E-state index contributed by atoms with van der Waals surface area (Å²) in [6, 6.07) is 7.85. The minimum Gasteiger partial charge on any atom is -0.462 e. The van der Waals surface area contributed by atoms with Gasteiger partial charge in [0.25, 0.3) is 0 Å². The number of hydrogen-bond acceptors (Lipinski definition) is 3. The van der Waals surface area contributed by atoms with Gasteiger partial charge in [-0.15, -0.1) is 0 Å². The maximum absolute atomic E-state index is 12.8. The van der Waals surface area contributed by atoms with Crippen molar-refractivity contribution in [3.8, 4) is 0 Å². The Morgan fingerprint density at radius 2 is 1.95 bits per heavy atom. The first-order chi connectivity index (χ1) is 10.6. The van der Waals surface area contributed by atoms with Crippen LogP contribution in [0.25, 0.3) is 16.4 Å². The maximum atomic E-state index is 12.8. The number of rotatable bonds is 3. The van der Waals surface area contributed by atoms with E-state index in [1.165, 1.54) is 0 Å². The Balaban J connectivity index is 2.48. The molecule has 0 atom stereocenters. The van der Waals surface area contributed by atoms with E-state index in [0.717, 1.165) is 16.5 Å². The third kappa shape index (κ3) is 1.93. The number of para-hydroxylation sites is 1. The first kappa shape index (κ1) is 14.4. The standard InChI is InChI=1S/C17H18N2O3/c1-4-18-10-13(17(21)22-5-2)16(20)15-11(3)12-8-6-7-9-14(12)19(15)18/h6-10H,4-5H2,1-3H3. The number of hydrogen-bond donors (Lipinski definition) is 0. The summed E-state index contributed by atoms with van der Waals surface area (Å²) < 4.78 is 8.77. The van der Waals surface area contributed by atoms with Crippen molar-refractivity contribution in [1.29, 1.82) is 0 Å². The zero-order chi connectivity index (χ0) is 15.9. The van der Waals surface area contributed by atoms with E-state index < -0.39 is 5.97 Å². The van der Waals surface area contributed by atoms with Crippen molar-refractivity contribution in [3.63, 3.8) is 0 Å². The Morgan fingerprint density at radius 3 is 2.64 bits per heavy atom. The number of carbonyl (C=O) groups excluding carboxylic acids is 1. The van der Waals surface area contributed by atoms with Gasteiger partial charge in [0.05, 0.1) is 12.1 Å². The number of aromatic nitrogens is 2. The van der Waals surface area contributed by atoms with Crippen LogP contribution in [0.3, 0.4) is 0 Å². The maximum Gasteiger partial charge on any atom is 0.343 e. The first-order valence-electron chi connectivity index (χ1n) is 7.40. The minimum absolute atomic E-state index is 0.0853. The van der Waals surface area contributed by atoms with E-state index in [9.17, 15) is 9.59 Å². The second-order valence-electron chi connectivity index (χ2n) is 5.15. The molecule has 3 rings (SSSR count). The van der Waals surface area contributed by atoms with Gasteiger partial charge in [0, 0.05) is 18.1 Å². The van der Waals surface area contributed by atoms with E-state index in [2.05, 4.69) is 0 Å². The first-order valence-corrected chi connectivity index (χ1v) is 7.40. The number of benzene rings is 1. The number of esters is 1. The molecule has 22 heavy (non-hydrogen) atoms. The van der Waals surface area contributed by atoms with Gasteiger partial charge in [0.1, 0.15) is 11.1 Å². The molecule has 3 aromatic rings. The molecule has 0 aliphatic rings. The normalized spacial score (nSPS) is 11.2. The van der Waals surface area contributed by atoms with Crippen LogP contribution in [0.15, 0.2) is 35.3 Å². The summed E-state index contributed by atoms with van der Waals surface area (Å²) in [6.45, 7) is 6.50. The SMILES string of the molecule is CCOC(=O)c1cn(CC)n2c(c(C)c3ccccc32)c1=O. The van der Waals surface area contributed by atoms with Crippen LogP contribution >= 0.6 is 0 Å². The Hall–Kier alpha value is -2.56. The molecule has 114 valence electrons. The fourth-order valence-corrected chi connectivity index (χ4v) is 2.90. The summed E-state index contributed by atoms with van der Waals surface area (Å²) in [5, 5.41) is 1.02. The zero-order valence-corrected chi connectivity index (χ0v) is 12.9. The summed E-state index contributed by atoms with van der Waals surface area (Å²) in [7, 11) is 0. The molecule has 0 radical (unpaired) electrons. The van der Waals surface area contributed by atoms with Gasteiger partial charge in [0.2, 0.25) is 5.43 Å². The third-order valence-corrected chi connectivity index (χ3v) is 3.92. The van der Waals surface area contributed by atoms with Crippen molar-refractivity contribution in [2.75, 3.05) is 6.61 Å². The molecule has 2 aromatic heterocycles. The molecule has 1 aromatic carbocycles. The van der Waals surface area contributed by atoms with Gasteiger partial charge < -0.3 is 4.74 Å². The summed E-state index contributed by atoms with van der Waals surface area (Å²) in [5.74, 6) is -0.568. The van der Waals surface area contributed by atoms with Gasteiger partial charge in [-0.05, 0) is 32.4 Å². The molecule has 0 bridgehead atoms. The largest absolute Gasteiger partial charge is 0.462 e. The van der Waals surface area contributed by atoms with E-state index in [4.69, 9.17) is 4.74 Å². The van der Waals surface area contributed by atoms with Gasteiger partial charge in [-0.1, -0.05) is 18.2 Å². The van der Waals surface area contributed by atoms with Crippen molar-refractivity contribution in [2.45, 2.75) is 27.3 Å². The van der Waals surface area contributed by atoms with Crippen LogP contribution in [0.2, 0.25) is 0 Å². The van der Waals surface area contributed by atoms with Crippen molar-refractivity contribution < 1.29 is 9.53 Å². The monoisotopic (exact) mass is 298 g/mol. The van der Waals surface area contributed by atoms with Gasteiger partial charge in [-0.2, -0.15) is 0 Å². The molecule has 2 heterocycles. The van der Waals surface area contributed by atoms with Crippen molar-refractivity contribution in [3.05, 3.63) is 51.8 Å². The summed E-state index contributed by atoms with van der Waals surface area (Å²) in [4.78, 5) is 24.8. The van der Waals surface area contributed by atoms with Crippen LogP contribution in [-0.4, -0.2) is 21.8 Å². The van der Waals surface area contributed by atoms with Crippen LogP contribution in [0.5, 0.6) is 0 Å². The number of ether oxygens (including phenoxy) is 1. The molecule has 0 fully saturated rings. The van der Waals surface area contributed by atoms with Crippen LogP contribution in [0, 0.1) is 6.92 Å². The number of aryl methyl sites for hydroxylation is 2. The fraction of sp³-hybridized carbons (Fsp3) is 0.294. The molecule has 0 saturated carbocycles. The van der Waals surface area contributed by atoms with Gasteiger partial charge in [0.15, 0.2) is 0 Å². The van der Waals surface area contributed by atoms with Crippen molar-refractivity contribution >= 4 is 22.4 Å². The summed E-state index contributed by atoms with van der Waals surface area (Å²) in [6.07, 6.45) is 1.58. The van der Waals surface area contributed by atoms with Crippen LogP contribution < -0.4 is 5.43 Å². The highest BCUT2D eigenvalue weighted by atomic mass is 16.5. The number of nitrogens with zero attached hydrogens (tertiary/aromatic N) is 2. The molecule has 0 spiro atoms. The predicted molar refractivity (Wildman–Crippen MR) is 85.5 cm³/mol. The van der Waals surface area contributed by atoms with Gasteiger partial charge >= 0.3 is 5.97 Å². The molecule has 0 aliphatic carbocycles. The topological polar surface area (TPSA) is 52.7 Å². The second-order valence-corrected chi connectivity index (χ2v) is 5.15. The molecular formula is C17H18N2O3. The highest BCUT2D eigenvalue weighted by molar-refractivity contribution is 5.95. The molecular weight excluding hydrogens is 280 g/mol. The number of fused-ring (bicyclic) bond motifs is 3. The van der Waals surface area contributed by atoms with E-state index in [1.54, 1.807) is 13.1 Å². The van der Waals surface area contributed by atoms with E-state index >= 15 is 0 Å². The lowest BCUT2D eigenvalue weighted by Crippen LogP contribution is -2.24. The van der Waals surface area contributed by atoms with Crippen LogP contribution in [0.4, 0.5) is 0 Å². The second kappa shape index (κ2) is 5.33. The average molecular weight is 298 g/mol. The molecule has 5 heteroatoms. The Kier molecular flexibility index (Phi) is 3.48. The van der Waals surface area contributed by atoms with Crippen LogP contribution in [0.1, 0.15) is 29.8 Å². The summed E-state index contributed by atoms with van der Waals surface area (Å²) in [5.41, 5.74) is 2.19. The molecule has 0 saturated heterocycles. The smallest absolute Gasteiger partial charge is 0.343 e. The zero-order valence-electron chi connectivity index (χ0n) is 12.9. The molecule has 0 N–H and O–H groups in total. The molecule has 0 amide bonds. The third-order valence-electron chi connectivity index (χ3n) is 3.92. The number of carbonyl (C=O) groups is 1. The van der Waals surface area contributed by atoms with E-state index in [0.29, 0.717) is 12.1 Å². The Morgan fingerprint density at radius 1 is 1.23 bits per heavy atom. The highest BCUT2D eigenvalue weighted by Crippen LogP contribution is 2.24. The fourth-order valence-electron chi connectivity index (χ4n) is 2.90. The van der Waals surface area contributed by atoms with E-state index in [1.807, 2.05) is 47.3 Å². The Labute approximate surface area is 127 Å². The predicted octanol–water partition coefficient (Wildman–Crippen LogP) is 2.76. The molecule has 0 unspecified atom stereocenters. The average Bonchev–Trinajstić information content (AvgIpc) is 2.83. The quantitative estimate of drug-likeness (QED) is 0.699. The molecule has 0 aliphatic heterocycles. The van der Waals surface area contributed by atoms with Gasteiger partial charge in [-0.25, -0.2) is 9.31 Å². The lowest BCUT2D eigenvalue weighted by molar-refractivity contribution is 0.0523. The minimum atomic E-state index is -0.568. The lowest BCUT2D eigenvalue weighted by Gasteiger charge is -2.12. The van der Waals surface area contributed by atoms with Crippen molar-refractivity contribution in [2.24, 2.45) is 0 Å². The Bertz CT molecular complexity index is 934. The molecule has 5 nitrogen and oxygen atoms in total. The summed E-state index contributed by atoms with van der Waals surface area (Å²) >= 11 is 0.